The number of anilines is 1. The predicted octanol–water partition coefficient (Wildman–Crippen LogP) is 2.52. The number of hydrogen-bond donors (Lipinski definition) is 1. The van der Waals surface area contributed by atoms with Gasteiger partial charge in [-0.3, -0.25) is 0 Å². The Morgan fingerprint density at radius 1 is 1.31 bits per heavy atom. The highest BCUT2D eigenvalue weighted by molar-refractivity contribution is 6.28. The first-order valence-electron chi connectivity index (χ1n) is 5.47. The summed E-state index contributed by atoms with van der Waals surface area (Å²) in [4.78, 5) is 12.0. The van der Waals surface area contributed by atoms with Gasteiger partial charge in [-0.1, -0.05) is 13.3 Å². The molecule has 0 radical (unpaired) electrons. The molecule has 0 aliphatic heterocycles. The first-order valence-corrected chi connectivity index (χ1v) is 5.85. The van der Waals surface area contributed by atoms with Crippen LogP contribution < -0.4 is 10.1 Å². The number of hydrogen-bond acceptors (Lipinski definition) is 5. The van der Waals surface area contributed by atoms with E-state index in [2.05, 4.69) is 27.2 Å². The molecule has 0 amide bonds. The van der Waals surface area contributed by atoms with Crippen LogP contribution in [0.4, 0.5) is 5.95 Å². The van der Waals surface area contributed by atoms with Gasteiger partial charge in [-0.15, -0.1) is 0 Å². The standard InChI is InChI=1S/C10H17ClN4O/c1-4-6-7(3)16-10-14-8(11)13-9(15-10)12-5-2/h7H,4-6H2,1-3H3,(H,12,13,14,15). The van der Waals surface area contributed by atoms with Crippen molar-refractivity contribution in [3.05, 3.63) is 5.28 Å². The van der Waals surface area contributed by atoms with Gasteiger partial charge >= 0.3 is 6.01 Å². The van der Waals surface area contributed by atoms with E-state index in [9.17, 15) is 0 Å². The van der Waals surface area contributed by atoms with E-state index >= 15 is 0 Å². The lowest BCUT2D eigenvalue weighted by Crippen LogP contribution is -2.14. The molecule has 0 fully saturated rings. The van der Waals surface area contributed by atoms with Crippen LogP contribution in [0.3, 0.4) is 0 Å². The molecule has 6 heteroatoms. The summed E-state index contributed by atoms with van der Waals surface area (Å²) in [7, 11) is 0. The zero-order valence-corrected chi connectivity index (χ0v) is 10.6. The number of ether oxygens (including phenoxy) is 1. The second kappa shape index (κ2) is 6.48. The highest BCUT2D eigenvalue weighted by Gasteiger charge is 2.08. The van der Waals surface area contributed by atoms with Crippen LogP contribution in [0.15, 0.2) is 0 Å². The summed E-state index contributed by atoms with van der Waals surface area (Å²) < 4.78 is 5.54. The van der Waals surface area contributed by atoms with Gasteiger partial charge in [0.15, 0.2) is 0 Å². The molecule has 1 unspecified atom stereocenters. The maximum absolute atomic E-state index is 5.76. The number of rotatable bonds is 6. The summed E-state index contributed by atoms with van der Waals surface area (Å²) in [5.74, 6) is 0.446. The third-order valence-electron chi connectivity index (χ3n) is 1.92. The van der Waals surface area contributed by atoms with Gasteiger partial charge in [-0.25, -0.2) is 0 Å². The van der Waals surface area contributed by atoms with E-state index in [-0.39, 0.29) is 17.4 Å². The third-order valence-corrected chi connectivity index (χ3v) is 2.09. The minimum Gasteiger partial charge on any atom is -0.460 e. The van der Waals surface area contributed by atoms with Gasteiger partial charge in [0.05, 0.1) is 6.10 Å². The molecule has 1 N–H and O–H groups in total. The Morgan fingerprint density at radius 2 is 2.06 bits per heavy atom. The van der Waals surface area contributed by atoms with E-state index in [0.29, 0.717) is 5.95 Å². The van der Waals surface area contributed by atoms with Crippen molar-refractivity contribution >= 4 is 17.5 Å². The number of aromatic nitrogens is 3. The van der Waals surface area contributed by atoms with Crippen LogP contribution in [-0.4, -0.2) is 27.6 Å². The number of nitrogens with one attached hydrogen (secondary N) is 1. The Labute approximate surface area is 101 Å². The van der Waals surface area contributed by atoms with Gasteiger partial charge in [-0.2, -0.15) is 15.0 Å². The van der Waals surface area contributed by atoms with Crippen LogP contribution in [-0.2, 0) is 0 Å². The molecule has 90 valence electrons. The Bertz CT molecular complexity index is 335. The first kappa shape index (κ1) is 13.0. The molecular weight excluding hydrogens is 228 g/mol. The van der Waals surface area contributed by atoms with Crippen molar-refractivity contribution in [1.29, 1.82) is 0 Å². The van der Waals surface area contributed by atoms with Gasteiger partial charge in [0.2, 0.25) is 11.2 Å². The van der Waals surface area contributed by atoms with Crippen molar-refractivity contribution < 1.29 is 4.74 Å². The van der Waals surface area contributed by atoms with Crippen molar-refractivity contribution in [2.45, 2.75) is 39.7 Å². The summed E-state index contributed by atoms with van der Waals surface area (Å²) in [5, 5.41) is 3.11. The summed E-state index contributed by atoms with van der Waals surface area (Å²) in [5.41, 5.74) is 0. The zero-order chi connectivity index (χ0) is 12.0. The molecule has 1 atom stereocenters. The fraction of sp³-hybridized carbons (Fsp3) is 0.700. The van der Waals surface area contributed by atoms with Crippen LogP contribution in [0.25, 0.3) is 0 Å². The van der Waals surface area contributed by atoms with Crippen molar-refractivity contribution in [2.75, 3.05) is 11.9 Å². The Morgan fingerprint density at radius 3 is 2.69 bits per heavy atom. The number of halogens is 1. The second-order valence-corrected chi connectivity index (χ2v) is 3.80. The highest BCUT2D eigenvalue weighted by atomic mass is 35.5. The lowest BCUT2D eigenvalue weighted by atomic mass is 10.2. The average Bonchev–Trinajstić information content (AvgIpc) is 2.17. The van der Waals surface area contributed by atoms with E-state index in [1.807, 2.05) is 13.8 Å². The van der Waals surface area contributed by atoms with E-state index < -0.39 is 0 Å². The zero-order valence-electron chi connectivity index (χ0n) is 9.83. The SMILES string of the molecule is CCCC(C)Oc1nc(Cl)nc(NCC)n1. The maximum atomic E-state index is 5.76. The van der Waals surface area contributed by atoms with Gasteiger partial charge < -0.3 is 10.1 Å². The smallest absolute Gasteiger partial charge is 0.322 e. The minimum absolute atomic E-state index is 0.0814. The Balaban J connectivity index is 2.71. The molecule has 1 rings (SSSR count). The van der Waals surface area contributed by atoms with Crippen molar-refractivity contribution in [3.63, 3.8) is 0 Å². The quantitative estimate of drug-likeness (QED) is 0.833. The molecule has 0 spiro atoms. The highest BCUT2D eigenvalue weighted by Crippen LogP contribution is 2.13. The van der Waals surface area contributed by atoms with Crippen LogP contribution in [0.5, 0.6) is 6.01 Å². The van der Waals surface area contributed by atoms with E-state index in [1.54, 1.807) is 0 Å². The summed E-state index contributed by atoms with van der Waals surface area (Å²) >= 11 is 5.76. The van der Waals surface area contributed by atoms with E-state index in [0.717, 1.165) is 19.4 Å². The third kappa shape index (κ3) is 4.18. The topological polar surface area (TPSA) is 59.9 Å². The Hall–Kier alpha value is -1.10. The molecule has 0 aliphatic rings. The monoisotopic (exact) mass is 244 g/mol. The normalized spacial score (nSPS) is 12.2. The second-order valence-electron chi connectivity index (χ2n) is 3.46. The average molecular weight is 245 g/mol. The van der Waals surface area contributed by atoms with Crippen LogP contribution in [0, 0.1) is 0 Å². The summed E-state index contributed by atoms with van der Waals surface area (Å²) in [6, 6.07) is 0.275. The van der Waals surface area contributed by atoms with Crippen LogP contribution in [0.2, 0.25) is 5.28 Å². The fourth-order valence-electron chi connectivity index (χ4n) is 1.27. The molecule has 0 aromatic carbocycles. The molecule has 16 heavy (non-hydrogen) atoms. The molecule has 5 nitrogen and oxygen atoms in total. The maximum Gasteiger partial charge on any atom is 0.322 e. The van der Waals surface area contributed by atoms with Crippen molar-refractivity contribution in [2.24, 2.45) is 0 Å². The molecule has 0 aliphatic carbocycles. The van der Waals surface area contributed by atoms with Gasteiger partial charge in [0, 0.05) is 6.54 Å². The minimum atomic E-state index is 0.0814. The lowest BCUT2D eigenvalue weighted by Gasteiger charge is -2.12. The van der Waals surface area contributed by atoms with Crippen molar-refractivity contribution in [1.82, 2.24) is 15.0 Å². The molecule has 0 saturated heterocycles. The molecule has 0 bridgehead atoms. The van der Waals surface area contributed by atoms with Crippen LogP contribution >= 0.6 is 11.6 Å². The summed E-state index contributed by atoms with van der Waals surface area (Å²) in [6.07, 6.45) is 2.10. The lowest BCUT2D eigenvalue weighted by molar-refractivity contribution is 0.192. The van der Waals surface area contributed by atoms with Gasteiger partial charge in [0.1, 0.15) is 0 Å². The van der Waals surface area contributed by atoms with E-state index in [1.165, 1.54) is 0 Å². The summed E-state index contributed by atoms with van der Waals surface area (Å²) in [6.45, 7) is 6.76. The Kier molecular flexibility index (Phi) is 5.25. The molecular formula is C10H17ClN4O. The molecule has 1 aromatic heterocycles. The van der Waals surface area contributed by atoms with Gasteiger partial charge in [-0.05, 0) is 31.9 Å². The van der Waals surface area contributed by atoms with Crippen LogP contribution in [0.1, 0.15) is 33.6 Å². The van der Waals surface area contributed by atoms with Crippen molar-refractivity contribution in [3.8, 4) is 6.01 Å². The molecule has 0 saturated carbocycles. The fourth-order valence-corrected chi connectivity index (χ4v) is 1.42. The van der Waals surface area contributed by atoms with Gasteiger partial charge in [0.25, 0.3) is 0 Å². The molecule has 1 heterocycles. The number of nitrogens with zero attached hydrogens (tertiary/aromatic N) is 3. The predicted molar refractivity (Wildman–Crippen MR) is 64.0 cm³/mol. The largest absolute Gasteiger partial charge is 0.460 e. The first-order chi connectivity index (χ1) is 7.65. The van der Waals surface area contributed by atoms with E-state index in [4.69, 9.17) is 16.3 Å². The molecule has 1 aromatic rings.